The maximum Gasteiger partial charge on any atom is 0.167 e. The topological polar surface area (TPSA) is 57.5 Å². The molecule has 2 N–H and O–H groups in total. The van der Waals surface area contributed by atoms with Crippen molar-refractivity contribution in [2.24, 2.45) is 28.1 Å². The van der Waals surface area contributed by atoms with Crippen molar-refractivity contribution < 1.29 is 15.0 Å². The summed E-state index contributed by atoms with van der Waals surface area (Å²) in [5.74, 6) is 0.975. The molecule has 1 spiro atoms. The predicted octanol–water partition coefficient (Wildman–Crippen LogP) is 3.24. The first-order valence-corrected chi connectivity index (χ1v) is 9.29. The molecule has 4 aliphatic carbocycles. The predicted molar refractivity (Wildman–Crippen MR) is 88.7 cm³/mol. The molecular weight excluding hydrogens is 288 g/mol. The van der Waals surface area contributed by atoms with Crippen LogP contribution in [0.2, 0.25) is 0 Å². The molecule has 4 aliphatic rings. The van der Waals surface area contributed by atoms with Gasteiger partial charge in [-0.05, 0) is 67.6 Å². The lowest BCUT2D eigenvalue weighted by atomic mass is 9.41. The zero-order valence-electron chi connectivity index (χ0n) is 14.5. The molecule has 3 nitrogen and oxygen atoms in total. The Kier molecular flexibility index (Phi) is 3.09. The first-order valence-electron chi connectivity index (χ1n) is 9.29. The van der Waals surface area contributed by atoms with Crippen LogP contribution >= 0.6 is 0 Å². The Labute approximate surface area is 139 Å². The number of fused-ring (bicyclic) bond motifs is 3. The molecule has 6 atom stereocenters. The van der Waals surface area contributed by atoms with Crippen LogP contribution in [0.25, 0.3) is 0 Å². The molecule has 0 aromatic carbocycles. The maximum atomic E-state index is 13.1. The number of aliphatic hydroxyl groups excluding tert-OH is 1. The number of rotatable bonds is 1. The monoisotopic (exact) mass is 318 g/mol. The van der Waals surface area contributed by atoms with E-state index in [0.29, 0.717) is 30.3 Å². The number of hydrogen-bond donors (Lipinski definition) is 2. The van der Waals surface area contributed by atoms with Crippen LogP contribution in [0.15, 0.2) is 12.2 Å². The SMILES string of the molecule is C=C1C(=O)[C@@]23CCC4[C@](C)(CO)CCC[C@@]4(C)[C@@H]2CC[C@@]1(O)C3. The van der Waals surface area contributed by atoms with Gasteiger partial charge in [0.1, 0.15) is 0 Å². The summed E-state index contributed by atoms with van der Waals surface area (Å²) in [6.07, 6.45) is 7.45. The Hall–Kier alpha value is -0.670. The number of ketones is 1. The van der Waals surface area contributed by atoms with Gasteiger partial charge in [-0.3, -0.25) is 4.79 Å². The summed E-state index contributed by atoms with van der Waals surface area (Å²) in [5.41, 5.74) is -0.742. The first-order chi connectivity index (χ1) is 10.7. The van der Waals surface area contributed by atoms with Crippen LogP contribution < -0.4 is 0 Å². The van der Waals surface area contributed by atoms with Crippen LogP contribution in [0.3, 0.4) is 0 Å². The largest absolute Gasteiger partial charge is 0.396 e. The zero-order valence-corrected chi connectivity index (χ0v) is 14.5. The molecule has 23 heavy (non-hydrogen) atoms. The van der Waals surface area contributed by atoms with Crippen molar-refractivity contribution in [2.45, 2.75) is 70.8 Å². The van der Waals surface area contributed by atoms with E-state index in [4.69, 9.17) is 0 Å². The fourth-order valence-electron chi connectivity index (χ4n) is 7.44. The molecule has 0 radical (unpaired) electrons. The van der Waals surface area contributed by atoms with Crippen LogP contribution in [-0.2, 0) is 4.79 Å². The van der Waals surface area contributed by atoms with Crippen LogP contribution in [0, 0.1) is 28.1 Å². The van der Waals surface area contributed by atoms with E-state index in [1.165, 1.54) is 0 Å². The van der Waals surface area contributed by atoms with Crippen molar-refractivity contribution in [1.82, 2.24) is 0 Å². The fraction of sp³-hybridized carbons (Fsp3) is 0.850. The Bertz CT molecular complexity index is 583. The first kappa shape index (κ1) is 15.8. The van der Waals surface area contributed by atoms with E-state index >= 15 is 0 Å². The number of carbonyl (C=O) groups is 1. The summed E-state index contributed by atoms with van der Waals surface area (Å²) in [4.78, 5) is 13.1. The number of hydrogen-bond acceptors (Lipinski definition) is 3. The molecular formula is C20H30O3. The van der Waals surface area contributed by atoms with Crippen LogP contribution in [-0.4, -0.2) is 28.2 Å². The lowest BCUT2D eigenvalue weighted by molar-refractivity contribution is -0.176. The Morgan fingerprint density at radius 3 is 2.52 bits per heavy atom. The summed E-state index contributed by atoms with van der Waals surface area (Å²) in [7, 11) is 0. The molecule has 0 aromatic heterocycles. The second-order valence-corrected chi connectivity index (χ2v) is 9.53. The number of carbonyl (C=O) groups excluding carboxylic acids is 1. The smallest absolute Gasteiger partial charge is 0.167 e. The summed E-state index contributed by atoms with van der Waals surface area (Å²) in [6, 6.07) is 0. The molecule has 0 heterocycles. The highest BCUT2D eigenvalue weighted by atomic mass is 16.3. The molecule has 1 unspecified atom stereocenters. The Balaban J connectivity index is 1.79. The lowest BCUT2D eigenvalue weighted by Crippen LogP contribution is -2.59. The van der Waals surface area contributed by atoms with E-state index < -0.39 is 5.60 Å². The summed E-state index contributed by atoms with van der Waals surface area (Å²) in [5, 5.41) is 20.9. The number of aliphatic hydroxyl groups is 2. The molecule has 3 heteroatoms. The molecule has 2 bridgehead atoms. The molecule has 0 aliphatic heterocycles. The van der Waals surface area contributed by atoms with Crippen molar-refractivity contribution in [2.75, 3.05) is 6.61 Å². The third-order valence-electron chi connectivity index (χ3n) is 8.55. The van der Waals surface area contributed by atoms with Crippen molar-refractivity contribution in [1.29, 1.82) is 0 Å². The van der Waals surface area contributed by atoms with Gasteiger partial charge >= 0.3 is 0 Å². The summed E-state index contributed by atoms with van der Waals surface area (Å²) >= 11 is 0. The summed E-state index contributed by atoms with van der Waals surface area (Å²) < 4.78 is 0. The molecule has 4 rings (SSSR count). The number of Topliss-reactive ketones (excluding diaryl/α,β-unsaturated/α-hetero) is 1. The van der Waals surface area contributed by atoms with Gasteiger partial charge in [-0.2, -0.15) is 0 Å². The molecule has 0 aromatic rings. The van der Waals surface area contributed by atoms with Gasteiger partial charge in [-0.15, -0.1) is 0 Å². The van der Waals surface area contributed by atoms with E-state index in [-0.39, 0.29) is 28.6 Å². The van der Waals surface area contributed by atoms with Crippen LogP contribution in [0.1, 0.15) is 65.2 Å². The molecule has 4 fully saturated rings. The highest BCUT2D eigenvalue weighted by Gasteiger charge is 2.70. The van der Waals surface area contributed by atoms with Gasteiger partial charge in [0.25, 0.3) is 0 Å². The second-order valence-electron chi connectivity index (χ2n) is 9.53. The Morgan fingerprint density at radius 2 is 1.83 bits per heavy atom. The van der Waals surface area contributed by atoms with Gasteiger partial charge < -0.3 is 10.2 Å². The van der Waals surface area contributed by atoms with Crippen LogP contribution in [0.4, 0.5) is 0 Å². The second kappa shape index (κ2) is 4.49. The normalized spacial score (nSPS) is 55.5. The zero-order chi connectivity index (χ0) is 16.7. The highest BCUT2D eigenvalue weighted by Crippen LogP contribution is 2.71. The Morgan fingerprint density at radius 1 is 1.13 bits per heavy atom. The van der Waals surface area contributed by atoms with Crippen LogP contribution in [0.5, 0.6) is 0 Å². The van der Waals surface area contributed by atoms with E-state index in [1.807, 2.05) is 0 Å². The van der Waals surface area contributed by atoms with E-state index in [9.17, 15) is 15.0 Å². The molecule has 128 valence electrons. The third kappa shape index (κ3) is 1.71. The van der Waals surface area contributed by atoms with E-state index in [1.54, 1.807) is 0 Å². The van der Waals surface area contributed by atoms with E-state index in [2.05, 4.69) is 20.4 Å². The van der Waals surface area contributed by atoms with Gasteiger partial charge in [0, 0.05) is 17.6 Å². The van der Waals surface area contributed by atoms with Gasteiger partial charge in [0.2, 0.25) is 0 Å². The average molecular weight is 318 g/mol. The fourth-order valence-corrected chi connectivity index (χ4v) is 7.44. The van der Waals surface area contributed by atoms with Gasteiger partial charge in [0.15, 0.2) is 5.78 Å². The van der Waals surface area contributed by atoms with Crippen molar-refractivity contribution in [3.8, 4) is 0 Å². The van der Waals surface area contributed by atoms with E-state index in [0.717, 1.165) is 38.5 Å². The van der Waals surface area contributed by atoms with Gasteiger partial charge in [0.05, 0.1) is 5.60 Å². The van der Waals surface area contributed by atoms with Gasteiger partial charge in [-0.1, -0.05) is 26.8 Å². The third-order valence-corrected chi connectivity index (χ3v) is 8.55. The van der Waals surface area contributed by atoms with Crippen molar-refractivity contribution in [3.05, 3.63) is 12.2 Å². The molecule has 4 saturated carbocycles. The highest BCUT2D eigenvalue weighted by molar-refractivity contribution is 6.04. The van der Waals surface area contributed by atoms with Gasteiger partial charge in [-0.25, -0.2) is 0 Å². The lowest BCUT2D eigenvalue weighted by Gasteiger charge is -2.63. The minimum absolute atomic E-state index is 0.0129. The average Bonchev–Trinajstić information content (AvgIpc) is 2.65. The summed E-state index contributed by atoms with van der Waals surface area (Å²) in [6.45, 7) is 8.82. The quantitative estimate of drug-likeness (QED) is 0.730. The minimum Gasteiger partial charge on any atom is -0.396 e. The minimum atomic E-state index is -0.939. The standard InChI is InChI=1S/C20H30O3/c1-13-16(22)19-9-5-14-17(2,12-21)7-4-8-18(14,3)15(19)6-10-20(13,23)11-19/h14-15,21,23H,1,4-12H2,2-3H3/t14?,15-,17-,18+,19+,20+/m0/s1. The molecule has 0 saturated heterocycles. The molecule has 0 amide bonds. The van der Waals surface area contributed by atoms with Crippen molar-refractivity contribution in [3.63, 3.8) is 0 Å². The maximum absolute atomic E-state index is 13.1. The van der Waals surface area contributed by atoms with Crippen molar-refractivity contribution >= 4 is 5.78 Å².